The van der Waals surface area contributed by atoms with Crippen LogP contribution >= 0.6 is 23.4 Å². The number of aryl methyl sites for hydroxylation is 1. The van der Waals surface area contributed by atoms with E-state index in [2.05, 4.69) is 15.5 Å². The summed E-state index contributed by atoms with van der Waals surface area (Å²) in [4.78, 5) is 12.3. The molecule has 26 heavy (non-hydrogen) atoms. The number of amides is 1. The third-order valence-corrected chi connectivity index (χ3v) is 5.20. The Bertz CT molecular complexity index is 895. The van der Waals surface area contributed by atoms with Gasteiger partial charge in [0.2, 0.25) is 5.91 Å². The fraction of sp³-hybridized carbons (Fsp3) is 0.211. The number of nitrogens with one attached hydrogen (secondary N) is 1. The molecule has 7 heteroatoms. The molecule has 134 valence electrons. The fourth-order valence-corrected chi connectivity index (χ4v) is 3.56. The molecule has 1 heterocycles. The number of aromatic nitrogens is 3. The fourth-order valence-electron chi connectivity index (χ4n) is 2.52. The Hall–Kier alpha value is -2.31. The van der Waals surface area contributed by atoms with Gasteiger partial charge in [-0.1, -0.05) is 59.3 Å². The van der Waals surface area contributed by atoms with E-state index in [0.717, 1.165) is 11.3 Å². The molecule has 1 atom stereocenters. The number of thioether (sulfide) groups is 1. The van der Waals surface area contributed by atoms with Crippen LogP contribution in [0.15, 0.2) is 60.0 Å². The summed E-state index contributed by atoms with van der Waals surface area (Å²) in [5.74, 6) is 0.167. The SMILES string of the molecule is Cc1ccc(-n2cnnc2SCC(=O)NC(C)c2ccccc2Cl)cc1. The van der Waals surface area contributed by atoms with Crippen molar-refractivity contribution in [1.29, 1.82) is 0 Å². The molecule has 1 N–H and O–H groups in total. The van der Waals surface area contributed by atoms with Gasteiger partial charge in [0.05, 0.1) is 11.8 Å². The van der Waals surface area contributed by atoms with E-state index in [0.29, 0.717) is 10.2 Å². The van der Waals surface area contributed by atoms with Crippen molar-refractivity contribution in [3.05, 3.63) is 71.0 Å². The first-order chi connectivity index (χ1) is 12.5. The normalized spacial score (nSPS) is 12.0. The molecule has 2 aromatic carbocycles. The lowest BCUT2D eigenvalue weighted by Gasteiger charge is -2.15. The van der Waals surface area contributed by atoms with Crippen molar-refractivity contribution >= 4 is 29.3 Å². The standard InChI is InChI=1S/C19H19ClN4OS/c1-13-7-9-15(10-8-13)24-12-21-23-19(24)26-11-18(25)22-14(2)16-5-3-4-6-17(16)20/h3-10,12,14H,11H2,1-2H3,(H,22,25). The Kier molecular flexibility index (Phi) is 5.96. The Morgan fingerprint density at radius 1 is 1.23 bits per heavy atom. The maximum atomic E-state index is 12.3. The summed E-state index contributed by atoms with van der Waals surface area (Å²) in [5.41, 5.74) is 3.05. The van der Waals surface area contributed by atoms with Crippen LogP contribution in [0.2, 0.25) is 5.02 Å². The van der Waals surface area contributed by atoms with Crippen molar-refractivity contribution in [2.45, 2.75) is 25.0 Å². The van der Waals surface area contributed by atoms with Crippen LogP contribution in [0.1, 0.15) is 24.1 Å². The molecular weight excluding hydrogens is 368 g/mol. The minimum atomic E-state index is -0.160. The zero-order chi connectivity index (χ0) is 18.5. The average Bonchev–Trinajstić information content (AvgIpc) is 3.09. The number of rotatable bonds is 6. The third kappa shape index (κ3) is 4.45. The molecule has 0 saturated carbocycles. The maximum Gasteiger partial charge on any atom is 0.230 e. The van der Waals surface area contributed by atoms with Crippen LogP contribution in [-0.2, 0) is 4.79 Å². The van der Waals surface area contributed by atoms with Crippen LogP contribution in [0.5, 0.6) is 0 Å². The van der Waals surface area contributed by atoms with Crippen molar-refractivity contribution < 1.29 is 4.79 Å². The molecule has 0 aliphatic carbocycles. The van der Waals surface area contributed by atoms with Crippen LogP contribution in [0.4, 0.5) is 0 Å². The summed E-state index contributed by atoms with van der Waals surface area (Å²) in [7, 11) is 0. The van der Waals surface area contributed by atoms with Gasteiger partial charge < -0.3 is 5.32 Å². The predicted molar refractivity (Wildman–Crippen MR) is 105 cm³/mol. The van der Waals surface area contributed by atoms with Gasteiger partial charge in [-0.3, -0.25) is 9.36 Å². The zero-order valence-electron chi connectivity index (χ0n) is 14.5. The molecule has 3 rings (SSSR count). The number of nitrogens with zero attached hydrogens (tertiary/aromatic N) is 3. The monoisotopic (exact) mass is 386 g/mol. The quantitative estimate of drug-likeness (QED) is 0.645. The minimum absolute atomic E-state index is 0.0825. The zero-order valence-corrected chi connectivity index (χ0v) is 16.1. The van der Waals surface area contributed by atoms with Crippen molar-refractivity contribution in [1.82, 2.24) is 20.1 Å². The summed E-state index contributed by atoms with van der Waals surface area (Å²) in [6, 6.07) is 15.4. The summed E-state index contributed by atoms with van der Waals surface area (Å²) < 4.78 is 1.87. The van der Waals surface area contributed by atoms with E-state index in [1.807, 2.05) is 66.9 Å². The predicted octanol–water partition coefficient (Wildman–Crippen LogP) is 4.20. The average molecular weight is 387 g/mol. The van der Waals surface area contributed by atoms with Crippen molar-refractivity contribution in [2.24, 2.45) is 0 Å². The van der Waals surface area contributed by atoms with E-state index in [4.69, 9.17) is 11.6 Å². The second-order valence-corrected chi connectivity index (χ2v) is 7.27. The van der Waals surface area contributed by atoms with Gasteiger partial charge in [0.1, 0.15) is 6.33 Å². The summed E-state index contributed by atoms with van der Waals surface area (Å²) >= 11 is 7.53. The highest BCUT2D eigenvalue weighted by Gasteiger charge is 2.14. The highest BCUT2D eigenvalue weighted by molar-refractivity contribution is 7.99. The van der Waals surface area contributed by atoms with Gasteiger partial charge in [-0.05, 0) is 37.6 Å². The van der Waals surface area contributed by atoms with Gasteiger partial charge in [0.15, 0.2) is 5.16 Å². The number of benzene rings is 2. The van der Waals surface area contributed by atoms with Gasteiger partial charge in [-0.2, -0.15) is 0 Å². The number of carbonyl (C=O) groups is 1. The second-order valence-electron chi connectivity index (χ2n) is 5.92. The number of halogens is 1. The molecule has 3 aromatic rings. The Balaban J connectivity index is 1.61. The molecule has 0 aliphatic rings. The van der Waals surface area contributed by atoms with Crippen LogP contribution in [0.3, 0.4) is 0 Å². The lowest BCUT2D eigenvalue weighted by molar-refractivity contribution is -0.119. The van der Waals surface area contributed by atoms with Gasteiger partial charge in [0, 0.05) is 10.7 Å². The van der Waals surface area contributed by atoms with E-state index >= 15 is 0 Å². The van der Waals surface area contributed by atoms with Crippen LogP contribution < -0.4 is 5.32 Å². The molecule has 1 aromatic heterocycles. The topological polar surface area (TPSA) is 59.8 Å². The smallest absolute Gasteiger partial charge is 0.230 e. The lowest BCUT2D eigenvalue weighted by Crippen LogP contribution is -2.28. The van der Waals surface area contributed by atoms with E-state index in [9.17, 15) is 4.79 Å². The van der Waals surface area contributed by atoms with E-state index in [1.54, 1.807) is 6.33 Å². The molecule has 0 bridgehead atoms. The molecule has 0 aliphatic heterocycles. The highest BCUT2D eigenvalue weighted by Crippen LogP contribution is 2.23. The molecule has 5 nitrogen and oxygen atoms in total. The van der Waals surface area contributed by atoms with Crippen LogP contribution in [0, 0.1) is 6.92 Å². The van der Waals surface area contributed by atoms with Crippen molar-refractivity contribution in [3.63, 3.8) is 0 Å². The lowest BCUT2D eigenvalue weighted by atomic mass is 10.1. The van der Waals surface area contributed by atoms with Crippen LogP contribution in [0.25, 0.3) is 5.69 Å². The molecule has 0 fully saturated rings. The van der Waals surface area contributed by atoms with Gasteiger partial charge in [0.25, 0.3) is 0 Å². The number of carbonyl (C=O) groups excluding carboxylic acids is 1. The first-order valence-electron chi connectivity index (χ1n) is 8.18. The summed E-state index contributed by atoms with van der Waals surface area (Å²) in [6.07, 6.45) is 1.65. The van der Waals surface area contributed by atoms with Gasteiger partial charge >= 0.3 is 0 Å². The Morgan fingerprint density at radius 3 is 2.69 bits per heavy atom. The van der Waals surface area contributed by atoms with Gasteiger partial charge in [-0.15, -0.1) is 10.2 Å². The molecule has 1 unspecified atom stereocenters. The summed E-state index contributed by atoms with van der Waals surface area (Å²) in [5, 5.41) is 12.4. The van der Waals surface area contributed by atoms with Crippen molar-refractivity contribution in [3.8, 4) is 5.69 Å². The summed E-state index contributed by atoms with van der Waals surface area (Å²) in [6.45, 7) is 3.95. The van der Waals surface area contributed by atoms with Crippen molar-refractivity contribution in [2.75, 3.05) is 5.75 Å². The minimum Gasteiger partial charge on any atom is -0.349 e. The molecule has 0 spiro atoms. The number of hydrogen-bond donors (Lipinski definition) is 1. The first-order valence-corrected chi connectivity index (χ1v) is 9.54. The van der Waals surface area contributed by atoms with E-state index in [-0.39, 0.29) is 17.7 Å². The highest BCUT2D eigenvalue weighted by atomic mass is 35.5. The Labute approximate surface area is 161 Å². The molecule has 0 radical (unpaired) electrons. The van der Waals surface area contributed by atoms with Crippen LogP contribution in [-0.4, -0.2) is 26.4 Å². The third-order valence-electron chi connectivity index (χ3n) is 3.91. The molecule has 1 amide bonds. The van der Waals surface area contributed by atoms with E-state index < -0.39 is 0 Å². The second kappa shape index (κ2) is 8.38. The van der Waals surface area contributed by atoms with Gasteiger partial charge in [-0.25, -0.2) is 0 Å². The first kappa shape index (κ1) is 18.5. The Morgan fingerprint density at radius 2 is 1.96 bits per heavy atom. The largest absolute Gasteiger partial charge is 0.349 e. The maximum absolute atomic E-state index is 12.3. The van der Waals surface area contributed by atoms with E-state index in [1.165, 1.54) is 17.3 Å². The molecule has 0 saturated heterocycles. The number of hydrogen-bond acceptors (Lipinski definition) is 4. The molecular formula is C19H19ClN4OS.